The number of rotatable bonds is 7. The molecule has 2 unspecified atom stereocenters. The molecule has 0 saturated carbocycles. The molecule has 0 aliphatic rings. The van der Waals surface area contributed by atoms with E-state index in [0.29, 0.717) is 0 Å². The van der Waals surface area contributed by atoms with Crippen LogP contribution in [-0.4, -0.2) is 68.4 Å². The summed E-state index contributed by atoms with van der Waals surface area (Å²) in [5.41, 5.74) is 8.09. The van der Waals surface area contributed by atoms with Gasteiger partial charge in [0.25, 0.3) is 0 Å². The van der Waals surface area contributed by atoms with Crippen molar-refractivity contribution >= 4 is 5.78 Å². The molecule has 0 heterocycles. The van der Waals surface area contributed by atoms with Gasteiger partial charge in [-0.25, -0.2) is 0 Å². The van der Waals surface area contributed by atoms with E-state index in [1.165, 1.54) is 6.92 Å². The molecule has 0 spiro atoms. The topological polar surface area (TPSA) is 167 Å². The molecule has 98 valence electrons. The Balaban J connectivity index is 4.64. The van der Waals surface area contributed by atoms with Crippen molar-refractivity contribution in [2.75, 3.05) is 6.61 Å². The molecule has 0 amide bonds. The Morgan fingerprint density at radius 3 is 2.24 bits per heavy atom. The first-order chi connectivity index (χ1) is 7.86. The Morgan fingerprint density at radius 2 is 1.82 bits per heavy atom. The van der Waals surface area contributed by atoms with E-state index in [0.717, 1.165) is 0 Å². The smallest absolute Gasteiger partial charge is 0.192 e. The van der Waals surface area contributed by atoms with Crippen molar-refractivity contribution < 1.29 is 30.3 Å². The lowest BCUT2D eigenvalue weighted by Gasteiger charge is -2.23. The number of Topliss-reactive ketones (excluding diaryl/α,β-unsaturated/α-hetero) is 1. The average Bonchev–Trinajstić information content (AvgIpc) is 2.34. The molecule has 0 fully saturated rings. The van der Waals surface area contributed by atoms with Gasteiger partial charge in [0.1, 0.15) is 24.4 Å². The Hall–Kier alpha value is -1.22. The van der Waals surface area contributed by atoms with Gasteiger partial charge in [-0.1, -0.05) is 12.0 Å². The van der Waals surface area contributed by atoms with Crippen LogP contribution in [0.1, 0.15) is 6.92 Å². The first-order valence-corrected chi connectivity index (χ1v) is 4.77. The number of hydrogen-bond donors (Lipinski definition) is 5. The van der Waals surface area contributed by atoms with Crippen LogP contribution in [0.15, 0.2) is 5.11 Å². The molecule has 0 bridgehead atoms. The van der Waals surface area contributed by atoms with Crippen molar-refractivity contribution in [2.24, 2.45) is 5.11 Å². The zero-order chi connectivity index (χ0) is 13.6. The van der Waals surface area contributed by atoms with Crippen molar-refractivity contribution in [3.05, 3.63) is 10.4 Å². The molecule has 5 atom stereocenters. The van der Waals surface area contributed by atoms with Gasteiger partial charge in [-0.15, -0.1) is 0 Å². The van der Waals surface area contributed by atoms with Crippen molar-refractivity contribution in [2.45, 2.75) is 37.4 Å². The van der Waals surface area contributed by atoms with Gasteiger partial charge in [-0.3, -0.25) is 4.79 Å². The minimum Gasteiger partial charge on any atom is -0.394 e. The van der Waals surface area contributed by atoms with Crippen molar-refractivity contribution in [1.29, 1.82) is 0 Å². The van der Waals surface area contributed by atoms with Crippen LogP contribution in [0, 0.1) is 0 Å². The molecule has 5 N–H and O–H groups in total. The normalized spacial score (nSPS) is 19.6. The van der Waals surface area contributed by atoms with E-state index >= 15 is 0 Å². The number of azide groups is 1. The number of aliphatic hydroxyl groups excluding tert-OH is 5. The lowest BCUT2D eigenvalue weighted by molar-refractivity contribution is -0.149. The first-order valence-electron chi connectivity index (χ1n) is 4.77. The third-order valence-corrected chi connectivity index (χ3v) is 2.18. The van der Waals surface area contributed by atoms with Gasteiger partial charge in [0.15, 0.2) is 5.78 Å². The Labute approximate surface area is 96.6 Å². The third kappa shape index (κ3) is 4.27. The molecule has 0 aromatic rings. The SMILES string of the molecule is CC(N=[N+]=[N-])C(O)C(=O)[C@@H](O)[C@H](O)[C@H](O)CO. The summed E-state index contributed by atoms with van der Waals surface area (Å²) in [5.74, 6) is -1.20. The van der Waals surface area contributed by atoms with Crippen molar-refractivity contribution in [1.82, 2.24) is 0 Å². The van der Waals surface area contributed by atoms with Crippen LogP contribution < -0.4 is 0 Å². The Kier molecular flexibility index (Phi) is 6.66. The number of hydrogen-bond acceptors (Lipinski definition) is 7. The van der Waals surface area contributed by atoms with E-state index in [2.05, 4.69) is 10.0 Å². The van der Waals surface area contributed by atoms with E-state index in [-0.39, 0.29) is 0 Å². The van der Waals surface area contributed by atoms with Crippen LogP contribution in [0.5, 0.6) is 0 Å². The van der Waals surface area contributed by atoms with Gasteiger partial charge in [0.2, 0.25) is 0 Å². The van der Waals surface area contributed by atoms with Gasteiger partial charge in [0.05, 0.1) is 12.6 Å². The fourth-order valence-electron chi connectivity index (χ4n) is 1.04. The van der Waals surface area contributed by atoms with E-state index in [1.807, 2.05) is 0 Å². The van der Waals surface area contributed by atoms with Crippen LogP contribution in [-0.2, 0) is 4.79 Å². The Morgan fingerprint density at radius 1 is 1.29 bits per heavy atom. The minimum atomic E-state index is -2.08. The summed E-state index contributed by atoms with van der Waals surface area (Å²) in [5, 5.41) is 48.5. The molecule has 0 radical (unpaired) electrons. The zero-order valence-electron chi connectivity index (χ0n) is 9.08. The highest BCUT2D eigenvalue weighted by Crippen LogP contribution is 2.08. The maximum atomic E-state index is 11.4. The lowest BCUT2D eigenvalue weighted by atomic mass is 9.98. The van der Waals surface area contributed by atoms with Crippen LogP contribution in [0.2, 0.25) is 0 Å². The van der Waals surface area contributed by atoms with Crippen molar-refractivity contribution in [3.63, 3.8) is 0 Å². The predicted octanol–water partition coefficient (Wildman–Crippen LogP) is -2.31. The highest BCUT2D eigenvalue weighted by atomic mass is 16.4. The van der Waals surface area contributed by atoms with E-state index in [4.69, 9.17) is 15.7 Å². The summed E-state index contributed by atoms with van der Waals surface area (Å²) in [6.45, 7) is 0.386. The lowest BCUT2D eigenvalue weighted by Crippen LogP contribution is -2.49. The molecule has 0 saturated heterocycles. The van der Waals surface area contributed by atoms with Crippen LogP contribution >= 0.6 is 0 Å². The van der Waals surface area contributed by atoms with Crippen LogP contribution in [0.3, 0.4) is 0 Å². The number of ketones is 1. The molecule has 0 rings (SSSR count). The van der Waals surface area contributed by atoms with Crippen molar-refractivity contribution in [3.8, 4) is 0 Å². The summed E-state index contributed by atoms with van der Waals surface area (Å²) >= 11 is 0. The maximum Gasteiger partial charge on any atom is 0.192 e. The molecule has 0 aliphatic heterocycles. The zero-order valence-corrected chi connectivity index (χ0v) is 9.08. The second kappa shape index (κ2) is 7.17. The molecule has 17 heavy (non-hydrogen) atoms. The maximum absolute atomic E-state index is 11.4. The largest absolute Gasteiger partial charge is 0.394 e. The molecular formula is C8H15N3O6. The second-order valence-corrected chi connectivity index (χ2v) is 3.48. The molecule has 0 aromatic heterocycles. The number of nitrogens with zero attached hydrogens (tertiary/aromatic N) is 3. The van der Waals surface area contributed by atoms with Gasteiger partial charge in [-0.05, 0) is 5.53 Å². The second-order valence-electron chi connectivity index (χ2n) is 3.48. The van der Waals surface area contributed by atoms with Gasteiger partial charge >= 0.3 is 0 Å². The third-order valence-electron chi connectivity index (χ3n) is 2.18. The highest BCUT2D eigenvalue weighted by Gasteiger charge is 2.35. The standard InChI is InChI=1S/C8H15N3O6/c1-3(10-11-9)5(14)7(16)8(17)6(15)4(13)2-12/h3-6,8,12-15,17H,2H2,1H3/t3?,4-,5?,6-,8+/m1/s1. The molecule has 0 aromatic carbocycles. The summed E-state index contributed by atoms with van der Waals surface area (Å²) in [6, 6.07) is -1.12. The molecular weight excluding hydrogens is 234 g/mol. The van der Waals surface area contributed by atoms with Crippen LogP contribution in [0.25, 0.3) is 10.4 Å². The van der Waals surface area contributed by atoms with E-state index in [1.54, 1.807) is 0 Å². The predicted molar refractivity (Wildman–Crippen MR) is 54.7 cm³/mol. The summed E-state index contributed by atoms with van der Waals surface area (Å²) in [7, 11) is 0. The van der Waals surface area contributed by atoms with Gasteiger partial charge < -0.3 is 25.5 Å². The molecule has 9 heteroatoms. The first kappa shape index (κ1) is 15.8. The van der Waals surface area contributed by atoms with Crippen LogP contribution in [0.4, 0.5) is 0 Å². The average molecular weight is 249 g/mol. The van der Waals surface area contributed by atoms with E-state index in [9.17, 15) is 20.1 Å². The molecule has 0 aliphatic carbocycles. The number of aliphatic hydroxyl groups is 5. The quantitative estimate of drug-likeness (QED) is 0.193. The fourth-order valence-corrected chi connectivity index (χ4v) is 1.04. The Bertz CT molecular complexity index is 306. The van der Waals surface area contributed by atoms with Gasteiger partial charge in [0, 0.05) is 4.91 Å². The summed E-state index contributed by atoms with van der Waals surface area (Å²) in [6.07, 6.45) is -7.53. The monoisotopic (exact) mass is 249 g/mol. The summed E-state index contributed by atoms with van der Waals surface area (Å²) < 4.78 is 0. The van der Waals surface area contributed by atoms with E-state index < -0.39 is 42.8 Å². The fraction of sp³-hybridized carbons (Fsp3) is 0.875. The van der Waals surface area contributed by atoms with Gasteiger partial charge in [-0.2, -0.15) is 0 Å². The highest BCUT2D eigenvalue weighted by molar-refractivity contribution is 5.88. The minimum absolute atomic E-state index is 0.854. The number of carbonyl (C=O) groups excluding carboxylic acids is 1. The molecule has 9 nitrogen and oxygen atoms in total. The summed E-state index contributed by atoms with van der Waals surface area (Å²) in [4.78, 5) is 13.8. The number of carbonyl (C=O) groups is 1.